The van der Waals surface area contributed by atoms with Crippen LogP contribution in [0.4, 0.5) is 13.2 Å². The first-order chi connectivity index (χ1) is 17.1. The summed E-state index contributed by atoms with van der Waals surface area (Å²) in [7, 11) is 0. The van der Waals surface area contributed by atoms with Crippen LogP contribution in [0.2, 0.25) is 0 Å². The Morgan fingerprint density at radius 2 is 1.86 bits per heavy atom. The van der Waals surface area contributed by atoms with Crippen LogP contribution in [0.25, 0.3) is 6.08 Å². The summed E-state index contributed by atoms with van der Waals surface area (Å²) in [4.78, 5) is 31.2. The summed E-state index contributed by atoms with van der Waals surface area (Å²) < 4.78 is 37.1. The monoisotopic (exact) mass is 503 g/mol. The third-order valence-electron chi connectivity index (χ3n) is 5.68. The molecule has 0 amide bonds. The normalized spacial score (nSPS) is 15.3. The number of rotatable bonds is 6. The maximum atomic E-state index is 12.2. The molecule has 10 heteroatoms. The number of aromatic nitrogens is 2. The molecule has 1 aromatic carbocycles. The van der Waals surface area contributed by atoms with Gasteiger partial charge in [-0.05, 0) is 56.6 Å². The molecule has 1 aliphatic heterocycles. The van der Waals surface area contributed by atoms with Crippen LogP contribution >= 0.6 is 0 Å². The first-order valence-electron chi connectivity index (χ1n) is 11.5. The van der Waals surface area contributed by atoms with Crippen molar-refractivity contribution in [2.45, 2.75) is 38.3 Å². The quantitative estimate of drug-likeness (QED) is 0.498. The average molecular weight is 504 g/mol. The number of aliphatic carboxylic acids is 1. The number of H-pyrrole nitrogens is 1. The van der Waals surface area contributed by atoms with Gasteiger partial charge in [-0.25, -0.2) is 9.78 Å². The van der Waals surface area contributed by atoms with Gasteiger partial charge in [-0.3, -0.25) is 9.69 Å². The van der Waals surface area contributed by atoms with Gasteiger partial charge in [0.15, 0.2) is 0 Å². The Balaban J connectivity index is 0.000000454. The van der Waals surface area contributed by atoms with E-state index >= 15 is 0 Å². The van der Waals surface area contributed by atoms with E-state index in [2.05, 4.69) is 35.0 Å². The van der Waals surface area contributed by atoms with Crippen molar-refractivity contribution in [2.75, 3.05) is 19.6 Å². The molecule has 0 aliphatic carbocycles. The van der Waals surface area contributed by atoms with Crippen LogP contribution in [-0.4, -0.2) is 51.8 Å². The predicted molar refractivity (Wildman–Crippen MR) is 129 cm³/mol. The van der Waals surface area contributed by atoms with E-state index in [-0.39, 0.29) is 5.56 Å². The lowest BCUT2D eigenvalue weighted by Gasteiger charge is -2.31. The molecule has 3 aromatic rings. The zero-order chi connectivity index (χ0) is 26.1. The van der Waals surface area contributed by atoms with E-state index in [0.29, 0.717) is 12.3 Å². The minimum atomic E-state index is -5.08. The third kappa shape index (κ3) is 8.53. The van der Waals surface area contributed by atoms with Gasteiger partial charge in [0.25, 0.3) is 5.56 Å². The summed E-state index contributed by atoms with van der Waals surface area (Å²) >= 11 is 0. The van der Waals surface area contributed by atoms with Crippen LogP contribution in [0, 0.1) is 0 Å². The number of carboxylic acid groups (broad SMARTS) is 1. The Hall–Kier alpha value is -3.66. The van der Waals surface area contributed by atoms with Gasteiger partial charge in [0.05, 0.1) is 12.0 Å². The number of furan rings is 1. The summed E-state index contributed by atoms with van der Waals surface area (Å²) in [6, 6.07) is 15.7. The lowest BCUT2D eigenvalue weighted by atomic mass is 9.93. The number of likely N-dealkylation sites (tertiary alicyclic amines) is 1. The molecule has 3 heterocycles. The van der Waals surface area contributed by atoms with Crippen LogP contribution in [0.15, 0.2) is 69.6 Å². The SMILES string of the molecule is CC(=Cc1ccco1)CN1CCC(c2cc(=O)[nH]c(Cc3ccccc3)n2)CC1.O=C(O)C(F)(F)F. The third-order valence-corrected chi connectivity index (χ3v) is 5.68. The molecular weight excluding hydrogens is 475 g/mol. The molecule has 4 rings (SSSR count). The molecule has 0 radical (unpaired) electrons. The second kappa shape index (κ2) is 12.3. The van der Waals surface area contributed by atoms with Crippen LogP contribution in [-0.2, 0) is 11.2 Å². The molecule has 2 N–H and O–H groups in total. The van der Waals surface area contributed by atoms with Crippen molar-refractivity contribution in [2.24, 2.45) is 0 Å². The largest absolute Gasteiger partial charge is 0.490 e. The smallest absolute Gasteiger partial charge is 0.475 e. The summed E-state index contributed by atoms with van der Waals surface area (Å²) in [5.74, 6) is -0.765. The van der Waals surface area contributed by atoms with Gasteiger partial charge in [0, 0.05) is 24.9 Å². The van der Waals surface area contributed by atoms with Crippen molar-refractivity contribution in [3.05, 3.63) is 93.6 Å². The van der Waals surface area contributed by atoms with Crippen molar-refractivity contribution in [3.63, 3.8) is 0 Å². The Morgan fingerprint density at radius 3 is 2.44 bits per heavy atom. The van der Waals surface area contributed by atoms with E-state index in [1.165, 1.54) is 5.57 Å². The van der Waals surface area contributed by atoms with E-state index in [9.17, 15) is 18.0 Å². The number of hydrogen-bond acceptors (Lipinski definition) is 5. The van der Waals surface area contributed by atoms with E-state index in [0.717, 1.165) is 55.3 Å². The van der Waals surface area contributed by atoms with Crippen molar-refractivity contribution >= 4 is 12.0 Å². The molecule has 0 spiro atoms. The molecule has 0 atom stereocenters. The van der Waals surface area contributed by atoms with Gasteiger partial charge >= 0.3 is 12.1 Å². The fraction of sp³-hybridized carbons (Fsp3) is 0.346. The maximum absolute atomic E-state index is 12.2. The molecule has 1 saturated heterocycles. The van der Waals surface area contributed by atoms with E-state index in [1.54, 1.807) is 12.3 Å². The van der Waals surface area contributed by atoms with Crippen molar-refractivity contribution in [1.82, 2.24) is 14.9 Å². The second-order valence-corrected chi connectivity index (χ2v) is 8.64. The standard InChI is InChI=1S/C24H27N3O2.C2HF3O2/c1-18(14-21-8-5-13-29-21)17-27-11-9-20(10-12-27)22-16-24(28)26-23(25-22)15-19-6-3-2-4-7-19;3-2(4,5)1(6)7/h2-8,13-14,16,20H,9-12,15,17H2,1H3,(H,25,26,28);(H,6,7). The van der Waals surface area contributed by atoms with Gasteiger partial charge in [-0.1, -0.05) is 35.9 Å². The number of halogens is 3. The van der Waals surface area contributed by atoms with E-state index in [4.69, 9.17) is 19.3 Å². The number of aromatic amines is 1. The molecule has 0 unspecified atom stereocenters. The zero-order valence-corrected chi connectivity index (χ0v) is 19.8. The number of benzene rings is 1. The first-order valence-corrected chi connectivity index (χ1v) is 11.5. The topological polar surface area (TPSA) is 99.4 Å². The van der Waals surface area contributed by atoms with E-state index in [1.807, 2.05) is 30.3 Å². The highest BCUT2D eigenvalue weighted by atomic mass is 19.4. The Morgan fingerprint density at radius 1 is 1.19 bits per heavy atom. The maximum Gasteiger partial charge on any atom is 0.490 e. The van der Waals surface area contributed by atoms with Crippen LogP contribution in [0.1, 0.15) is 48.5 Å². The van der Waals surface area contributed by atoms with Gasteiger partial charge < -0.3 is 14.5 Å². The number of hydrogen-bond donors (Lipinski definition) is 2. The second-order valence-electron chi connectivity index (χ2n) is 8.64. The summed E-state index contributed by atoms with van der Waals surface area (Å²) in [6.45, 7) is 5.10. The van der Waals surface area contributed by atoms with E-state index < -0.39 is 12.1 Å². The number of piperidine rings is 1. The van der Waals surface area contributed by atoms with Gasteiger partial charge in [-0.2, -0.15) is 13.2 Å². The summed E-state index contributed by atoms with van der Waals surface area (Å²) in [5, 5.41) is 7.12. The molecule has 1 aliphatic rings. The molecule has 7 nitrogen and oxygen atoms in total. The van der Waals surface area contributed by atoms with Crippen LogP contribution in [0.5, 0.6) is 0 Å². The molecule has 192 valence electrons. The summed E-state index contributed by atoms with van der Waals surface area (Å²) in [6.07, 6.45) is 1.41. The van der Waals surface area contributed by atoms with Crippen molar-refractivity contribution < 1.29 is 27.5 Å². The Bertz CT molecular complexity index is 1200. The predicted octanol–water partition coefficient (Wildman–Crippen LogP) is 4.87. The lowest BCUT2D eigenvalue weighted by molar-refractivity contribution is -0.192. The number of nitrogens with zero attached hydrogens (tertiary/aromatic N) is 2. The highest BCUT2D eigenvalue weighted by Crippen LogP contribution is 2.26. The first kappa shape index (κ1) is 26.9. The summed E-state index contributed by atoms with van der Waals surface area (Å²) in [5.41, 5.74) is 3.32. The fourth-order valence-corrected chi connectivity index (χ4v) is 4.01. The van der Waals surface area contributed by atoms with Crippen LogP contribution in [0.3, 0.4) is 0 Å². The molecular formula is C26H28F3N3O4. The van der Waals surface area contributed by atoms with Gasteiger partial charge in [-0.15, -0.1) is 0 Å². The number of carboxylic acids is 1. The highest BCUT2D eigenvalue weighted by molar-refractivity contribution is 5.73. The molecule has 1 fully saturated rings. The van der Waals surface area contributed by atoms with Gasteiger partial charge in [0.2, 0.25) is 0 Å². The fourth-order valence-electron chi connectivity index (χ4n) is 4.01. The minimum Gasteiger partial charge on any atom is -0.475 e. The Kier molecular flexibility index (Phi) is 9.24. The zero-order valence-electron chi connectivity index (χ0n) is 19.8. The number of alkyl halides is 3. The molecule has 2 aromatic heterocycles. The van der Waals surface area contributed by atoms with Crippen molar-refractivity contribution in [3.8, 4) is 0 Å². The van der Waals surface area contributed by atoms with Crippen molar-refractivity contribution in [1.29, 1.82) is 0 Å². The number of carbonyl (C=O) groups is 1. The Labute approximate surface area is 206 Å². The van der Waals surface area contributed by atoms with Crippen LogP contribution < -0.4 is 5.56 Å². The van der Waals surface area contributed by atoms with Gasteiger partial charge in [0.1, 0.15) is 11.6 Å². The molecule has 36 heavy (non-hydrogen) atoms. The average Bonchev–Trinajstić information content (AvgIpc) is 3.32. The molecule has 0 saturated carbocycles. The minimum absolute atomic E-state index is 0.0550. The lowest BCUT2D eigenvalue weighted by Crippen LogP contribution is -2.34. The number of nitrogens with one attached hydrogen (secondary N) is 1. The molecule has 0 bridgehead atoms. The highest BCUT2D eigenvalue weighted by Gasteiger charge is 2.38.